The summed E-state index contributed by atoms with van der Waals surface area (Å²) in [6, 6.07) is 6.31. The van der Waals surface area contributed by atoms with Crippen LogP contribution in [0.5, 0.6) is 0 Å². The van der Waals surface area contributed by atoms with Crippen molar-refractivity contribution in [3.63, 3.8) is 0 Å². The Morgan fingerprint density at radius 2 is 1.85 bits per heavy atom. The van der Waals surface area contributed by atoms with Gasteiger partial charge in [0.1, 0.15) is 17.9 Å². The van der Waals surface area contributed by atoms with Crippen LogP contribution in [0.4, 0.5) is 5.69 Å². The zero-order valence-corrected chi connectivity index (χ0v) is 20.0. The third-order valence-electron chi connectivity index (χ3n) is 5.93. The van der Waals surface area contributed by atoms with E-state index < -0.39 is 0 Å². The number of aromatic nitrogens is 3. The molecule has 7 nitrogen and oxygen atoms in total. The SMILES string of the molecule is COCC(=O)N1CCCCCCCN(Cc2nccs2)Cc2cc(-c3cncnc3)ccc21. The molecular formula is C25H31N5O2S. The molecule has 1 aliphatic heterocycles. The van der Waals surface area contributed by atoms with Crippen LogP contribution >= 0.6 is 11.3 Å². The first-order chi connectivity index (χ1) is 16.2. The van der Waals surface area contributed by atoms with Gasteiger partial charge in [-0.05, 0) is 42.6 Å². The molecule has 0 bridgehead atoms. The number of methoxy groups -OCH3 is 1. The monoisotopic (exact) mass is 465 g/mol. The van der Waals surface area contributed by atoms with Crippen molar-refractivity contribution in [1.29, 1.82) is 0 Å². The second-order valence-electron chi connectivity index (χ2n) is 8.35. The average molecular weight is 466 g/mol. The molecule has 0 saturated carbocycles. The first-order valence-electron chi connectivity index (χ1n) is 11.5. The Morgan fingerprint density at radius 1 is 1.06 bits per heavy atom. The smallest absolute Gasteiger partial charge is 0.252 e. The van der Waals surface area contributed by atoms with Crippen molar-refractivity contribution in [3.8, 4) is 11.1 Å². The number of nitrogens with zero attached hydrogens (tertiary/aromatic N) is 5. The van der Waals surface area contributed by atoms with Crippen LogP contribution in [0.15, 0.2) is 48.5 Å². The Labute approximate surface area is 199 Å². The van der Waals surface area contributed by atoms with Gasteiger partial charge in [-0.15, -0.1) is 11.3 Å². The Balaban J connectivity index is 1.73. The lowest BCUT2D eigenvalue weighted by Crippen LogP contribution is -2.36. The lowest BCUT2D eigenvalue weighted by molar-refractivity contribution is -0.122. The minimum atomic E-state index is -0.00178. The highest BCUT2D eigenvalue weighted by Gasteiger charge is 2.21. The highest BCUT2D eigenvalue weighted by Crippen LogP contribution is 2.30. The topological polar surface area (TPSA) is 71.5 Å². The average Bonchev–Trinajstić information content (AvgIpc) is 3.34. The molecule has 174 valence electrons. The zero-order valence-electron chi connectivity index (χ0n) is 19.2. The molecule has 0 N–H and O–H groups in total. The number of carbonyl (C=O) groups is 1. The molecule has 0 unspecified atom stereocenters. The van der Waals surface area contributed by atoms with Crippen molar-refractivity contribution >= 4 is 22.9 Å². The quantitative estimate of drug-likeness (QED) is 0.551. The number of rotatable bonds is 5. The van der Waals surface area contributed by atoms with Crippen molar-refractivity contribution in [2.45, 2.75) is 45.2 Å². The molecule has 3 heterocycles. The largest absolute Gasteiger partial charge is 0.375 e. The van der Waals surface area contributed by atoms with Gasteiger partial charge in [-0.25, -0.2) is 15.0 Å². The lowest BCUT2D eigenvalue weighted by atomic mass is 10.0. The maximum atomic E-state index is 13.0. The van der Waals surface area contributed by atoms with E-state index in [1.807, 2.05) is 28.9 Å². The van der Waals surface area contributed by atoms with Crippen molar-refractivity contribution in [2.75, 3.05) is 31.7 Å². The van der Waals surface area contributed by atoms with Crippen LogP contribution in [0.1, 0.15) is 42.7 Å². The van der Waals surface area contributed by atoms with Gasteiger partial charge in [-0.2, -0.15) is 0 Å². The van der Waals surface area contributed by atoms with Crippen LogP contribution in [0.25, 0.3) is 11.1 Å². The highest BCUT2D eigenvalue weighted by molar-refractivity contribution is 7.09. The molecule has 1 amide bonds. The second-order valence-corrected chi connectivity index (χ2v) is 9.33. The van der Waals surface area contributed by atoms with Gasteiger partial charge >= 0.3 is 0 Å². The molecule has 0 radical (unpaired) electrons. The summed E-state index contributed by atoms with van der Waals surface area (Å²) in [5, 5.41) is 3.14. The van der Waals surface area contributed by atoms with E-state index in [9.17, 15) is 4.79 Å². The molecule has 8 heteroatoms. The predicted molar refractivity (Wildman–Crippen MR) is 131 cm³/mol. The second kappa shape index (κ2) is 12.0. The molecule has 1 aromatic carbocycles. The van der Waals surface area contributed by atoms with Crippen LogP contribution in [0.2, 0.25) is 0 Å². The summed E-state index contributed by atoms with van der Waals surface area (Å²) >= 11 is 1.69. The fourth-order valence-corrected chi connectivity index (χ4v) is 4.95. The molecule has 0 fully saturated rings. The summed E-state index contributed by atoms with van der Waals surface area (Å²) in [5.74, 6) is -0.00178. The molecule has 1 aliphatic rings. The standard InChI is InChI=1S/C25H31N5O2S/c1-32-18-25(31)30-11-6-4-2-3-5-10-29(17-24-28-9-12-33-24)16-21-13-20(7-8-23(21)30)22-14-26-19-27-15-22/h7-9,12-15,19H,2-6,10-11,16-18H2,1H3. The molecule has 2 aromatic heterocycles. The first-order valence-corrected chi connectivity index (χ1v) is 12.4. The van der Waals surface area contributed by atoms with Crippen molar-refractivity contribution in [2.24, 2.45) is 0 Å². The molecule has 4 rings (SSSR count). The minimum absolute atomic E-state index is 0.00178. The van der Waals surface area contributed by atoms with E-state index in [2.05, 4.69) is 38.1 Å². The van der Waals surface area contributed by atoms with Crippen LogP contribution in [0.3, 0.4) is 0 Å². The van der Waals surface area contributed by atoms with Crippen LogP contribution in [-0.2, 0) is 22.6 Å². The van der Waals surface area contributed by atoms with E-state index in [0.717, 1.165) is 59.9 Å². The van der Waals surface area contributed by atoms with E-state index >= 15 is 0 Å². The molecule has 0 saturated heterocycles. The summed E-state index contributed by atoms with van der Waals surface area (Å²) < 4.78 is 5.20. The molecule has 0 spiro atoms. The van der Waals surface area contributed by atoms with Crippen LogP contribution < -0.4 is 4.90 Å². The number of benzene rings is 1. The van der Waals surface area contributed by atoms with Crippen LogP contribution in [0, 0.1) is 0 Å². The Hall–Kier alpha value is -2.68. The van der Waals surface area contributed by atoms with Gasteiger partial charge < -0.3 is 9.64 Å². The Kier molecular flexibility index (Phi) is 8.52. The van der Waals surface area contributed by atoms with Gasteiger partial charge in [0.05, 0.1) is 6.54 Å². The number of hydrogen-bond acceptors (Lipinski definition) is 7. The fourth-order valence-electron chi connectivity index (χ4n) is 4.30. The summed E-state index contributed by atoms with van der Waals surface area (Å²) in [6.45, 7) is 3.34. The summed E-state index contributed by atoms with van der Waals surface area (Å²) in [6.07, 6.45) is 12.7. The van der Waals surface area contributed by atoms with Gasteiger partial charge in [0.25, 0.3) is 5.91 Å². The molecule has 0 atom stereocenters. The number of thiazole rings is 1. The van der Waals surface area contributed by atoms with Crippen LogP contribution in [-0.4, -0.2) is 52.6 Å². The maximum Gasteiger partial charge on any atom is 0.252 e. The van der Waals surface area contributed by atoms with Crippen molar-refractivity contribution in [3.05, 3.63) is 59.1 Å². The van der Waals surface area contributed by atoms with E-state index in [1.54, 1.807) is 18.4 Å². The number of anilines is 1. The number of hydrogen-bond donors (Lipinski definition) is 0. The van der Waals surface area contributed by atoms with E-state index in [0.29, 0.717) is 6.54 Å². The lowest BCUT2D eigenvalue weighted by Gasteiger charge is -2.29. The first kappa shape index (κ1) is 23.5. The van der Waals surface area contributed by atoms with Crippen molar-refractivity contribution in [1.82, 2.24) is 19.9 Å². The fraction of sp³-hybridized carbons (Fsp3) is 0.440. The Bertz CT molecular complexity index is 1010. The number of carbonyl (C=O) groups excluding carboxylic acids is 1. The Morgan fingerprint density at radius 3 is 2.61 bits per heavy atom. The third kappa shape index (κ3) is 6.43. The van der Waals surface area contributed by atoms with E-state index in [4.69, 9.17) is 4.74 Å². The normalized spacial score (nSPS) is 16.0. The summed E-state index contributed by atoms with van der Waals surface area (Å²) in [4.78, 5) is 30.3. The van der Waals surface area contributed by atoms with Crippen molar-refractivity contribution < 1.29 is 9.53 Å². The van der Waals surface area contributed by atoms with Gasteiger partial charge in [0.2, 0.25) is 0 Å². The number of fused-ring (bicyclic) bond motifs is 1. The summed E-state index contributed by atoms with van der Waals surface area (Å²) in [7, 11) is 1.57. The molecule has 0 aliphatic carbocycles. The highest BCUT2D eigenvalue weighted by atomic mass is 32.1. The van der Waals surface area contributed by atoms with Gasteiger partial charge in [0, 0.05) is 55.4 Å². The molecule has 33 heavy (non-hydrogen) atoms. The third-order valence-corrected chi connectivity index (χ3v) is 6.69. The minimum Gasteiger partial charge on any atom is -0.375 e. The summed E-state index contributed by atoms with van der Waals surface area (Å²) in [5.41, 5.74) is 4.10. The maximum absolute atomic E-state index is 13.0. The molecule has 3 aromatic rings. The number of amides is 1. The predicted octanol–water partition coefficient (Wildman–Crippen LogP) is 4.55. The van der Waals surface area contributed by atoms with E-state index in [1.165, 1.54) is 25.6 Å². The zero-order chi connectivity index (χ0) is 22.9. The molecular weight excluding hydrogens is 434 g/mol. The number of ether oxygens (including phenoxy) is 1. The van der Waals surface area contributed by atoms with Gasteiger partial charge in [-0.1, -0.05) is 25.3 Å². The van der Waals surface area contributed by atoms with E-state index in [-0.39, 0.29) is 12.5 Å². The van der Waals surface area contributed by atoms with Gasteiger partial charge in [-0.3, -0.25) is 9.69 Å². The van der Waals surface area contributed by atoms with Gasteiger partial charge in [0.15, 0.2) is 0 Å².